The lowest BCUT2D eigenvalue weighted by molar-refractivity contribution is -0.0928. The van der Waals surface area contributed by atoms with E-state index < -0.39 is 5.60 Å². The van der Waals surface area contributed by atoms with Crippen LogP contribution in [0.2, 0.25) is 0 Å². The first kappa shape index (κ1) is 24.3. The van der Waals surface area contributed by atoms with Gasteiger partial charge in [0.25, 0.3) is 5.91 Å². The number of nitrogens with zero attached hydrogens (tertiary/aromatic N) is 4. The van der Waals surface area contributed by atoms with E-state index >= 15 is 0 Å². The summed E-state index contributed by atoms with van der Waals surface area (Å²) in [4.78, 5) is 23.8. The topological polar surface area (TPSA) is 104 Å². The second-order valence-electron chi connectivity index (χ2n) is 10.3. The number of fused-ring (bicyclic) bond motifs is 2. The molecule has 0 radical (unpaired) electrons. The number of halogens is 1. The quantitative estimate of drug-likeness (QED) is 0.371. The molecule has 3 aromatic heterocycles. The predicted molar refractivity (Wildman–Crippen MR) is 142 cm³/mol. The molecule has 2 aliphatic rings. The number of benzene rings is 1. The summed E-state index contributed by atoms with van der Waals surface area (Å²) in [6.45, 7) is 7.39. The van der Waals surface area contributed by atoms with Crippen LogP contribution in [0, 0.1) is 12.7 Å². The number of hydrogen-bond donors (Lipinski definition) is 3. The number of aryl methyl sites for hydroxylation is 1. The minimum Gasteiger partial charge on any atom is -0.388 e. The van der Waals surface area contributed by atoms with E-state index in [1.807, 2.05) is 24.3 Å². The van der Waals surface area contributed by atoms with Crippen molar-refractivity contribution in [1.29, 1.82) is 0 Å². The normalized spacial score (nSPS) is 17.6. The van der Waals surface area contributed by atoms with Gasteiger partial charge in [-0.25, -0.2) is 14.4 Å². The number of hydrogen-bond acceptors (Lipinski definition) is 7. The molecule has 5 heterocycles. The van der Waals surface area contributed by atoms with Gasteiger partial charge in [0, 0.05) is 31.4 Å². The lowest BCUT2D eigenvalue weighted by Gasteiger charge is -2.39. The molecule has 3 N–H and O–H groups in total. The smallest absolute Gasteiger partial charge is 0.254 e. The Morgan fingerprint density at radius 3 is 2.79 bits per heavy atom. The van der Waals surface area contributed by atoms with Crippen LogP contribution in [0.25, 0.3) is 16.9 Å². The van der Waals surface area contributed by atoms with Crippen LogP contribution in [0.4, 0.5) is 21.6 Å². The van der Waals surface area contributed by atoms with Crippen LogP contribution in [-0.2, 0) is 11.3 Å². The van der Waals surface area contributed by atoms with Crippen molar-refractivity contribution in [3.05, 3.63) is 71.4 Å². The van der Waals surface area contributed by atoms with Gasteiger partial charge in [0.2, 0.25) is 0 Å². The number of morpholine rings is 1. The maximum atomic E-state index is 14.6. The lowest BCUT2D eigenvalue weighted by atomic mass is 9.99. The molecule has 0 bridgehead atoms. The first-order valence-electron chi connectivity index (χ1n) is 12.6. The van der Waals surface area contributed by atoms with Crippen molar-refractivity contribution in [2.45, 2.75) is 39.0 Å². The lowest BCUT2D eigenvalue weighted by Crippen LogP contribution is -2.52. The number of imidazole rings is 1. The molecule has 10 heteroatoms. The van der Waals surface area contributed by atoms with Crippen LogP contribution in [0.15, 0.2) is 48.9 Å². The molecule has 1 saturated heterocycles. The highest BCUT2D eigenvalue weighted by molar-refractivity contribution is 6.06. The second-order valence-corrected chi connectivity index (χ2v) is 10.3. The number of amides is 1. The summed E-state index contributed by atoms with van der Waals surface area (Å²) in [5.41, 5.74) is 4.32. The fourth-order valence-corrected chi connectivity index (χ4v) is 5.10. The third kappa shape index (κ3) is 4.15. The van der Waals surface area contributed by atoms with Gasteiger partial charge in [0.1, 0.15) is 11.9 Å². The summed E-state index contributed by atoms with van der Waals surface area (Å²) in [5.74, 6) is 0.0657. The van der Waals surface area contributed by atoms with Crippen LogP contribution < -0.4 is 15.5 Å². The summed E-state index contributed by atoms with van der Waals surface area (Å²) in [6.07, 6.45) is 4.92. The molecule has 2 aliphatic heterocycles. The third-order valence-corrected chi connectivity index (χ3v) is 7.28. The molecule has 4 aromatic rings. The van der Waals surface area contributed by atoms with E-state index in [0.717, 1.165) is 22.5 Å². The Bertz CT molecular complexity index is 1540. The van der Waals surface area contributed by atoms with Gasteiger partial charge in [0.05, 0.1) is 47.2 Å². The van der Waals surface area contributed by atoms with E-state index in [2.05, 4.69) is 25.5 Å². The van der Waals surface area contributed by atoms with E-state index in [1.165, 1.54) is 0 Å². The largest absolute Gasteiger partial charge is 0.388 e. The molecule has 1 fully saturated rings. The highest BCUT2D eigenvalue weighted by Gasteiger charge is 2.33. The van der Waals surface area contributed by atoms with Crippen LogP contribution in [0.3, 0.4) is 0 Å². The summed E-state index contributed by atoms with van der Waals surface area (Å²) in [6, 6.07) is 9.30. The fourth-order valence-electron chi connectivity index (χ4n) is 5.10. The summed E-state index contributed by atoms with van der Waals surface area (Å²) in [7, 11) is 0. The van der Waals surface area contributed by atoms with Gasteiger partial charge in [-0.05, 0) is 56.2 Å². The van der Waals surface area contributed by atoms with Gasteiger partial charge >= 0.3 is 0 Å². The van der Waals surface area contributed by atoms with E-state index in [-0.39, 0.29) is 23.5 Å². The maximum absolute atomic E-state index is 14.6. The van der Waals surface area contributed by atoms with Crippen molar-refractivity contribution in [2.75, 3.05) is 29.9 Å². The van der Waals surface area contributed by atoms with Gasteiger partial charge in [-0.1, -0.05) is 6.07 Å². The highest BCUT2D eigenvalue weighted by Crippen LogP contribution is 2.36. The van der Waals surface area contributed by atoms with Crippen LogP contribution in [0.1, 0.15) is 35.3 Å². The van der Waals surface area contributed by atoms with Gasteiger partial charge < -0.3 is 25.4 Å². The molecule has 1 aromatic carbocycles. The molecule has 0 spiro atoms. The van der Waals surface area contributed by atoms with Gasteiger partial charge in [-0.15, -0.1) is 0 Å². The minimum atomic E-state index is -0.933. The van der Waals surface area contributed by atoms with Crippen molar-refractivity contribution in [2.24, 2.45) is 0 Å². The second kappa shape index (κ2) is 9.07. The fraction of sp³-hybridized carbons (Fsp3) is 0.321. The SMILES string of the molecule is Cc1ccn2c(-c3ccc(Nc4ccc(N5CCO[C@@H](C(C)(C)O)C5)cn4)c4c3CNC4=O)cnc2c1F. The van der Waals surface area contributed by atoms with Crippen molar-refractivity contribution in [3.8, 4) is 11.3 Å². The zero-order valence-corrected chi connectivity index (χ0v) is 21.5. The Labute approximate surface area is 219 Å². The van der Waals surface area contributed by atoms with E-state index in [9.17, 15) is 14.3 Å². The Morgan fingerprint density at radius 2 is 2.03 bits per heavy atom. The molecule has 1 amide bonds. The third-order valence-electron chi connectivity index (χ3n) is 7.28. The number of rotatable bonds is 5. The van der Waals surface area contributed by atoms with Gasteiger partial charge in [0.15, 0.2) is 11.5 Å². The average molecular weight is 517 g/mol. The number of aliphatic hydroxyl groups is 1. The van der Waals surface area contributed by atoms with E-state index in [1.54, 1.807) is 49.8 Å². The van der Waals surface area contributed by atoms with Gasteiger partial charge in [-0.2, -0.15) is 0 Å². The Morgan fingerprint density at radius 1 is 1.18 bits per heavy atom. The van der Waals surface area contributed by atoms with Crippen LogP contribution in [-0.4, -0.2) is 56.8 Å². The number of carbonyl (C=O) groups excluding carboxylic acids is 1. The van der Waals surface area contributed by atoms with Crippen LogP contribution >= 0.6 is 0 Å². The maximum Gasteiger partial charge on any atom is 0.254 e. The standard InChI is InChI=1S/C28H29FN6O3/c1-16-8-9-35-21(14-31-26(35)25(16)29)18-5-6-20(24-19(18)13-32-27(24)36)33-23-7-4-17(12-30-23)34-10-11-38-22(15-34)28(2,3)37/h4-9,12,14,22,37H,10-11,13,15H2,1-3H3,(H,30,33)(H,32,36)/t22-/m1/s1. The molecule has 0 unspecified atom stereocenters. The van der Waals surface area contributed by atoms with Crippen molar-refractivity contribution in [3.63, 3.8) is 0 Å². The number of ether oxygens (including phenoxy) is 1. The van der Waals surface area contributed by atoms with E-state index in [0.29, 0.717) is 48.9 Å². The van der Waals surface area contributed by atoms with E-state index in [4.69, 9.17) is 4.74 Å². The summed E-state index contributed by atoms with van der Waals surface area (Å²) < 4.78 is 22.0. The molecule has 196 valence electrons. The van der Waals surface area contributed by atoms with Crippen molar-refractivity contribution >= 4 is 28.7 Å². The van der Waals surface area contributed by atoms with Crippen LogP contribution in [0.5, 0.6) is 0 Å². The molecular formula is C28H29FN6O3. The number of carbonyl (C=O) groups is 1. The number of nitrogens with one attached hydrogen (secondary N) is 2. The first-order valence-corrected chi connectivity index (χ1v) is 12.6. The molecule has 6 rings (SSSR count). The molecule has 38 heavy (non-hydrogen) atoms. The Hall–Kier alpha value is -4.02. The average Bonchev–Trinajstić information content (AvgIpc) is 3.51. The minimum absolute atomic E-state index is 0.178. The predicted octanol–water partition coefficient (Wildman–Crippen LogP) is 3.81. The van der Waals surface area contributed by atoms with Crippen molar-refractivity contribution in [1.82, 2.24) is 19.7 Å². The number of anilines is 3. The molecular weight excluding hydrogens is 487 g/mol. The Kier molecular flexibility index (Phi) is 5.81. The van der Waals surface area contributed by atoms with Crippen molar-refractivity contribution < 1.29 is 19.0 Å². The number of aromatic nitrogens is 3. The zero-order chi connectivity index (χ0) is 26.6. The molecule has 0 aliphatic carbocycles. The monoisotopic (exact) mass is 516 g/mol. The highest BCUT2D eigenvalue weighted by atomic mass is 19.1. The molecule has 1 atom stereocenters. The molecule has 0 saturated carbocycles. The summed E-state index contributed by atoms with van der Waals surface area (Å²) in [5, 5.41) is 16.5. The van der Waals surface area contributed by atoms with Gasteiger partial charge in [-0.3, -0.25) is 9.20 Å². The number of pyridine rings is 2. The summed E-state index contributed by atoms with van der Waals surface area (Å²) >= 11 is 0. The molecule has 9 nitrogen and oxygen atoms in total. The Balaban J connectivity index is 1.28. The first-order chi connectivity index (χ1) is 18.2. The zero-order valence-electron chi connectivity index (χ0n) is 21.5.